The number of amides is 1. The molecule has 1 heterocycles. The quantitative estimate of drug-likeness (QED) is 0.712. The second-order valence-electron chi connectivity index (χ2n) is 5.58. The predicted molar refractivity (Wildman–Crippen MR) is 101 cm³/mol. The molecular formula is C18H15ClFN3OS. The van der Waals surface area contributed by atoms with Crippen molar-refractivity contribution < 1.29 is 9.18 Å². The third kappa shape index (κ3) is 3.97. The first-order chi connectivity index (χ1) is 11.9. The lowest BCUT2D eigenvalue weighted by Crippen LogP contribution is -2.45. The summed E-state index contributed by atoms with van der Waals surface area (Å²) in [6.07, 6.45) is 0. The minimum absolute atomic E-state index is 0.281. The Kier molecular flexibility index (Phi) is 5.01. The van der Waals surface area contributed by atoms with Gasteiger partial charge in [0.2, 0.25) is 0 Å². The summed E-state index contributed by atoms with van der Waals surface area (Å²) in [6.45, 7) is 1.78. The van der Waals surface area contributed by atoms with Crippen LogP contribution >= 0.6 is 23.8 Å². The summed E-state index contributed by atoms with van der Waals surface area (Å²) in [7, 11) is 0. The van der Waals surface area contributed by atoms with Crippen LogP contribution in [0.15, 0.2) is 59.8 Å². The van der Waals surface area contributed by atoms with Gasteiger partial charge in [-0.25, -0.2) is 4.39 Å². The summed E-state index contributed by atoms with van der Waals surface area (Å²) in [5.41, 5.74) is 2.49. The Morgan fingerprint density at radius 1 is 1.16 bits per heavy atom. The minimum Gasteiger partial charge on any atom is -0.351 e. The molecule has 0 aromatic heterocycles. The molecule has 1 aliphatic heterocycles. The van der Waals surface area contributed by atoms with E-state index < -0.39 is 6.04 Å². The number of rotatable bonds is 3. The van der Waals surface area contributed by atoms with Gasteiger partial charge in [-0.05, 0) is 61.1 Å². The molecule has 0 saturated heterocycles. The van der Waals surface area contributed by atoms with E-state index in [0.29, 0.717) is 27.1 Å². The summed E-state index contributed by atoms with van der Waals surface area (Å²) >= 11 is 11.1. The number of allylic oxidation sites excluding steroid dienone is 1. The number of halogens is 2. The van der Waals surface area contributed by atoms with Gasteiger partial charge in [0.15, 0.2) is 5.11 Å². The van der Waals surface area contributed by atoms with Crippen molar-refractivity contribution in [1.82, 2.24) is 10.6 Å². The number of anilines is 1. The molecule has 7 heteroatoms. The minimum atomic E-state index is -0.471. The van der Waals surface area contributed by atoms with E-state index >= 15 is 0 Å². The van der Waals surface area contributed by atoms with Crippen molar-refractivity contribution in [1.29, 1.82) is 0 Å². The van der Waals surface area contributed by atoms with E-state index in [0.717, 1.165) is 5.56 Å². The number of carbonyl (C=O) groups excluding carboxylic acids is 1. The van der Waals surface area contributed by atoms with Gasteiger partial charge in [-0.3, -0.25) is 4.79 Å². The zero-order valence-electron chi connectivity index (χ0n) is 13.3. The monoisotopic (exact) mass is 375 g/mol. The summed E-state index contributed by atoms with van der Waals surface area (Å²) in [4.78, 5) is 12.8. The normalized spacial score (nSPS) is 16.9. The largest absolute Gasteiger partial charge is 0.351 e. The third-order valence-electron chi connectivity index (χ3n) is 3.82. The topological polar surface area (TPSA) is 53.2 Å². The lowest BCUT2D eigenvalue weighted by atomic mass is 9.95. The van der Waals surface area contributed by atoms with Gasteiger partial charge in [-0.1, -0.05) is 23.7 Å². The lowest BCUT2D eigenvalue weighted by molar-refractivity contribution is -0.113. The molecule has 0 bridgehead atoms. The highest BCUT2D eigenvalue weighted by Crippen LogP contribution is 2.28. The van der Waals surface area contributed by atoms with E-state index in [2.05, 4.69) is 16.0 Å². The maximum Gasteiger partial charge on any atom is 0.255 e. The van der Waals surface area contributed by atoms with Crippen molar-refractivity contribution in [2.75, 3.05) is 5.32 Å². The number of hydrogen-bond donors (Lipinski definition) is 3. The van der Waals surface area contributed by atoms with Crippen molar-refractivity contribution >= 4 is 40.5 Å². The molecule has 1 aliphatic rings. The smallest absolute Gasteiger partial charge is 0.255 e. The molecule has 1 amide bonds. The van der Waals surface area contributed by atoms with Crippen LogP contribution in [-0.2, 0) is 4.79 Å². The number of thiocarbonyl (C=S) groups is 1. The fourth-order valence-corrected chi connectivity index (χ4v) is 3.03. The summed E-state index contributed by atoms with van der Waals surface area (Å²) < 4.78 is 13.2. The second kappa shape index (κ2) is 7.21. The van der Waals surface area contributed by atoms with Crippen LogP contribution < -0.4 is 16.0 Å². The molecular weight excluding hydrogens is 361 g/mol. The van der Waals surface area contributed by atoms with Crippen LogP contribution in [0, 0.1) is 5.82 Å². The molecule has 1 atom stereocenters. The number of carbonyl (C=O) groups is 1. The fourth-order valence-electron chi connectivity index (χ4n) is 2.63. The molecule has 2 aromatic carbocycles. The molecule has 2 aromatic rings. The molecule has 0 radical (unpaired) electrons. The average Bonchev–Trinajstić information content (AvgIpc) is 2.57. The van der Waals surface area contributed by atoms with Gasteiger partial charge in [0.25, 0.3) is 5.91 Å². The van der Waals surface area contributed by atoms with E-state index in [1.54, 1.807) is 43.3 Å². The predicted octanol–water partition coefficient (Wildman–Crippen LogP) is 3.91. The SMILES string of the molecule is CC1=C(C(=O)Nc2ccc(Cl)cc2)[C@@H](c2ccc(F)cc2)NC(=S)N1. The molecule has 0 unspecified atom stereocenters. The molecule has 25 heavy (non-hydrogen) atoms. The first-order valence-corrected chi connectivity index (χ1v) is 8.33. The molecule has 3 N–H and O–H groups in total. The van der Waals surface area contributed by atoms with Gasteiger partial charge in [0.1, 0.15) is 5.82 Å². The van der Waals surface area contributed by atoms with Crippen molar-refractivity contribution in [3.8, 4) is 0 Å². The first-order valence-electron chi connectivity index (χ1n) is 7.54. The van der Waals surface area contributed by atoms with Gasteiger partial charge in [0.05, 0.1) is 11.6 Å². The van der Waals surface area contributed by atoms with Crippen LogP contribution in [0.5, 0.6) is 0 Å². The summed E-state index contributed by atoms with van der Waals surface area (Å²) in [5, 5.41) is 9.87. The Morgan fingerprint density at radius 3 is 2.44 bits per heavy atom. The van der Waals surface area contributed by atoms with Gasteiger partial charge in [0, 0.05) is 16.4 Å². The van der Waals surface area contributed by atoms with Crippen LogP contribution in [0.1, 0.15) is 18.5 Å². The number of hydrogen-bond acceptors (Lipinski definition) is 2. The van der Waals surface area contributed by atoms with Gasteiger partial charge < -0.3 is 16.0 Å². The molecule has 4 nitrogen and oxygen atoms in total. The standard InChI is InChI=1S/C18H15ClFN3OS/c1-10-15(17(24)22-14-8-4-12(19)5-9-14)16(23-18(25)21-10)11-2-6-13(20)7-3-11/h2-9,16H,1H3,(H,22,24)(H2,21,23,25)/t16-/m1/s1. The van der Waals surface area contributed by atoms with Gasteiger partial charge in [-0.15, -0.1) is 0 Å². The summed E-state index contributed by atoms with van der Waals surface area (Å²) in [6, 6.07) is 12.3. The van der Waals surface area contributed by atoms with E-state index in [9.17, 15) is 9.18 Å². The fraction of sp³-hybridized carbons (Fsp3) is 0.111. The molecule has 0 fully saturated rings. The van der Waals surface area contributed by atoms with E-state index in [1.165, 1.54) is 12.1 Å². The molecule has 0 spiro atoms. The van der Waals surface area contributed by atoms with Crippen LogP contribution in [0.2, 0.25) is 5.02 Å². The van der Waals surface area contributed by atoms with E-state index in [1.807, 2.05) is 0 Å². The highest BCUT2D eigenvalue weighted by Gasteiger charge is 2.29. The van der Waals surface area contributed by atoms with Crippen LogP contribution in [0.3, 0.4) is 0 Å². The van der Waals surface area contributed by atoms with Crippen LogP contribution in [0.4, 0.5) is 10.1 Å². The van der Waals surface area contributed by atoms with Crippen molar-refractivity contribution in [2.45, 2.75) is 13.0 Å². The zero-order chi connectivity index (χ0) is 18.0. The van der Waals surface area contributed by atoms with Gasteiger partial charge >= 0.3 is 0 Å². The van der Waals surface area contributed by atoms with E-state index in [4.69, 9.17) is 23.8 Å². The Hall–Kier alpha value is -2.44. The van der Waals surface area contributed by atoms with E-state index in [-0.39, 0.29) is 11.7 Å². The first kappa shape index (κ1) is 17.4. The highest BCUT2D eigenvalue weighted by atomic mass is 35.5. The number of nitrogens with one attached hydrogen (secondary N) is 3. The average molecular weight is 376 g/mol. The van der Waals surface area contributed by atoms with Crippen molar-refractivity contribution in [3.63, 3.8) is 0 Å². The third-order valence-corrected chi connectivity index (χ3v) is 4.29. The lowest BCUT2D eigenvalue weighted by Gasteiger charge is -2.30. The Labute approximate surface area is 155 Å². The zero-order valence-corrected chi connectivity index (χ0v) is 14.8. The Balaban J connectivity index is 1.92. The maximum absolute atomic E-state index is 13.2. The summed E-state index contributed by atoms with van der Waals surface area (Å²) in [5.74, 6) is -0.621. The highest BCUT2D eigenvalue weighted by molar-refractivity contribution is 7.80. The Bertz CT molecular complexity index is 850. The van der Waals surface area contributed by atoms with Crippen molar-refractivity contribution in [2.24, 2.45) is 0 Å². The van der Waals surface area contributed by atoms with Gasteiger partial charge in [-0.2, -0.15) is 0 Å². The number of benzene rings is 2. The second-order valence-corrected chi connectivity index (χ2v) is 6.43. The molecule has 0 saturated carbocycles. The molecule has 0 aliphatic carbocycles. The molecule has 3 rings (SSSR count). The van der Waals surface area contributed by atoms with Crippen LogP contribution in [0.25, 0.3) is 0 Å². The Morgan fingerprint density at radius 2 is 1.80 bits per heavy atom. The molecule has 128 valence electrons. The van der Waals surface area contributed by atoms with Crippen molar-refractivity contribution in [3.05, 3.63) is 76.2 Å². The maximum atomic E-state index is 13.2. The van der Waals surface area contributed by atoms with Crippen LogP contribution in [-0.4, -0.2) is 11.0 Å².